The summed E-state index contributed by atoms with van der Waals surface area (Å²) in [4.78, 5) is 0.0523. The van der Waals surface area contributed by atoms with Crippen LogP contribution in [-0.4, -0.2) is 40.4 Å². The summed E-state index contributed by atoms with van der Waals surface area (Å²) < 4.78 is 6.71. The first-order valence-corrected chi connectivity index (χ1v) is 5.26. The second-order valence-corrected chi connectivity index (χ2v) is 4.16. The van der Waals surface area contributed by atoms with Gasteiger partial charge in [-0.2, -0.15) is 0 Å². The minimum atomic E-state index is -0.0654. The highest BCUT2D eigenvalue weighted by molar-refractivity contribution is 9.09. The first-order chi connectivity index (χ1) is 6.70. The van der Waals surface area contributed by atoms with Crippen molar-refractivity contribution in [1.82, 2.24) is 15.0 Å². The summed E-state index contributed by atoms with van der Waals surface area (Å²) in [6.07, 6.45) is 1.67. The molecule has 0 aliphatic rings. The van der Waals surface area contributed by atoms with Gasteiger partial charge < -0.3 is 9.84 Å². The van der Waals surface area contributed by atoms with Crippen LogP contribution in [0.25, 0.3) is 0 Å². The molecule has 0 radical (unpaired) electrons. The van der Waals surface area contributed by atoms with Gasteiger partial charge in [-0.25, -0.2) is 4.68 Å². The van der Waals surface area contributed by atoms with Crippen molar-refractivity contribution in [2.24, 2.45) is 0 Å². The highest BCUT2D eigenvalue weighted by Gasteiger charge is 2.16. The second-order valence-electron chi connectivity index (χ2n) is 3.06. The average Bonchev–Trinajstić information content (AvgIpc) is 2.65. The van der Waals surface area contributed by atoms with Gasteiger partial charge in [0.1, 0.15) is 0 Å². The van der Waals surface area contributed by atoms with E-state index >= 15 is 0 Å². The van der Waals surface area contributed by atoms with E-state index in [2.05, 4.69) is 26.2 Å². The van der Waals surface area contributed by atoms with Gasteiger partial charge >= 0.3 is 0 Å². The number of nitrogens with zero attached hydrogens (tertiary/aromatic N) is 3. The molecule has 0 saturated carbocycles. The lowest BCUT2D eigenvalue weighted by Crippen LogP contribution is -2.16. The summed E-state index contributed by atoms with van der Waals surface area (Å²) in [5, 5.41) is 16.7. The molecule has 0 aromatic carbocycles. The number of methoxy groups -OCH3 is 1. The minimum Gasteiger partial charge on any atom is -0.394 e. The average molecular weight is 264 g/mol. The Morgan fingerprint density at radius 1 is 1.71 bits per heavy atom. The molecule has 0 amide bonds. The molecule has 0 aliphatic heterocycles. The topological polar surface area (TPSA) is 60.2 Å². The molecule has 1 heterocycles. The summed E-state index contributed by atoms with van der Waals surface area (Å²) in [6.45, 7) is 2.47. The van der Waals surface area contributed by atoms with Crippen LogP contribution in [0, 0.1) is 0 Å². The summed E-state index contributed by atoms with van der Waals surface area (Å²) in [6, 6.07) is -0.0654. The largest absolute Gasteiger partial charge is 0.394 e. The van der Waals surface area contributed by atoms with Gasteiger partial charge in [-0.3, -0.25) is 0 Å². The number of aliphatic hydroxyl groups excluding tert-OH is 1. The van der Waals surface area contributed by atoms with E-state index in [0.717, 1.165) is 5.69 Å². The molecule has 1 rings (SSSR count). The molecule has 0 bridgehead atoms. The lowest BCUT2D eigenvalue weighted by Gasteiger charge is -2.14. The third-order valence-electron chi connectivity index (χ3n) is 1.92. The normalized spacial score (nSPS) is 15.4. The number of aliphatic hydroxyl groups is 1. The van der Waals surface area contributed by atoms with Crippen molar-refractivity contribution in [3.05, 3.63) is 11.9 Å². The zero-order valence-electron chi connectivity index (χ0n) is 8.22. The monoisotopic (exact) mass is 263 g/mol. The molecule has 0 saturated heterocycles. The van der Waals surface area contributed by atoms with Crippen molar-refractivity contribution in [1.29, 1.82) is 0 Å². The van der Waals surface area contributed by atoms with E-state index in [1.165, 1.54) is 0 Å². The van der Waals surface area contributed by atoms with E-state index in [-0.39, 0.29) is 17.5 Å². The third kappa shape index (κ3) is 2.52. The highest BCUT2D eigenvalue weighted by Crippen LogP contribution is 2.23. The van der Waals surface area contributed by atoms with Crippen LogP contribution in [0.4, 0.5) is 0 Å². The first kappa shape index (κ1) is 11.6. The molecule has 1 aromatic heterocycles. The molecule has 14 heavy (non-hydrogen) atoms. The molecule has 2 unspecified atom stereocenters. The zero-order valence-corrected chi connectivity index (χ0v) is 9.81. The van der Waals surface area contributed by atoms with Crippen LogP contribution in [0.5, 0.6) is 0 Å². The fourth-order valence-electron chi connectivity index (χ4n) is 1.13. The second kappa shape index (κ2) is 5.43. The fourth-order valence-corrected chi connectivity index (χ4v) is 1.72. The molecular formula is C8H14BrN3O2. The number of rotatable bonds is 5. The molecule has 5 nitrogen and oxygen atoms in total. The maximum atomic E-state index is 9.01. The number of alkyl halides is 1. The Bertz CT molecular complexity index is 279. The van der Waals surface area contributed by atoms with E-state index < -0.39 is 0 Å². The molecule has 80 valence electrons. The lowest BCUT2D eigenvalue weighted by atomic mass is 10.3. The van der Waals surface area contributed by atoms with E-state index in [0.29, 0.717) is 6.61 Å². The SMILES string of the molecule is COCC(Br)c1cnnn1C(C)CO. The minimum absolute atomic E-state index is 0.0447. The molecule has 1 aromatic rings. The van der Waals surface area contributed by atoms with Gasteiger partial charge in [0.05, 0.1) is 36.0 Å². The maximum absolute atomic E-state index is 9.01. The molecule has 1 N–H and O–H groups in total. The first-order valence-electron chi connectivity index (χ1n) is 4.34. The number of hydrogen-bond donors (Lipinski definition) is 1. The van der Waals surface area contributed by atoms with Gasteiger partial charge in [0, 0.05) is 7.11 Å². The summed E-state index contributed by atoms with van der Waals surface area (Å²) in [5.41, 5.74) is 0.911. The Morgan fingerprint density at radius 3 is 3.00 bits per heavy atom. The summed E-state index contributed by atoms with van der Waals surface area (Å²) >= 11 is 3.47. The zero-order chi connectivity index (χ0) is 10.6. The predicted octanol–water partition coefficient (Wildman–Crippen LogP) is 0.914. The molecule has 6 heteroatoms. The fraction of sp³-hybridized carbons (Fsp3) is 0.750. The maximum Gasteiger partial charge on any atom is 0.0814 e. The van der Waals surface area contributed by atoms with Gasteiger partial charge in [-0.05, 0) is 6.92 Å². The van der Waals surface area contributed by atoms with Crippen molar-refractivity contribution >= 4 is 15.9 Å². The van der Waals surface area contributed by atoms with Crippen molar-refractivity contribution in [2.75, 3.05) is 20.3 Å². The van der Waals surface area contributed by atoms with Crippen LogP contribution in [0.15, 0.2) is 6.20 Å². The number of aromatic nitrogens is 3. The van der Waals surface area contributed by atoms with E-state index in [4.69, 9.17) is 9.84 Å². The summed E-state index contributed by atoms with van der Waals surface area (Å²) in [5.74, 6) is 0. The van der Waals surface area contributed by atoms with E-state index in [9.17, 15) is 0 Å². The highest BCUT2D eigenvalue weighted by atomic mass is 79.9. The van der Waals surface area contributed by atoms with Crippen LogP contribution in [-0.2, 0) is 4.74 Å². The summed E-state index contributed by atoms with van der Waals surface area (Å²) in [7, 11) is 1.64. The van der Waals surface area contributed by atoms with E-state index in [1.807, 2.05) is 6.92 Å². The van der Waals surface area contributed by atoms with Gasteiger partial charge in [-0.15, -0.1) is 5.10 Å². The van der Waals surface area contributed by atoms with Crippen LogP contribution >= 0.6 is 15.9 Å². The van der Waals surface area contributed by atoms with E-state index in [1.54, 1.807) is 18.0 Å². The number of hydrogen-bond acceptors (Lipinski definition) is 4. The lowest BCUT2D eigenvalue weighted by molar-refractivity contribution is 0.193. The Labute approximate surface area is 91.2 Å². The Balaban J connectivity index is 2.81. The van der Waals surface area contributed by atoms with Gasteiger partial charge in [0.25, 0.3) is 0 Å². The third-order valence-corrected chi connectivity index (χ3v) is 2.65. The molecule has 2 atom stereocenters. The van der Waals surface area contributed by atoms with Crippen LogP contribution in [0.2, 0.25) is 0 Å². The van der Waals surface area contributed by atoms with Crippen LogP contribution in [0.3, 0.4) is 0 Å². The van der Waals surface area contributed by atoms with Crippen LogP contribution < -0.4 is 0 Å². The van der Waals surface area contributed by atoms with Crippen molar-refractivity contribution in [2.45, 2.75) is 17.8 Å². The predicted molar refractivity (Wildman–Crippen MR) is 55.4 cm³/mol. The van der Waals surface area contributed by atoms with Crippen molar-refractivity contribution in [3.8, 4) is 0 Å². The molecule has 0 aliphatic carbocycles. The smallest absolute Gasteiger partial charge is 0.0814 e. The quantitative estimate of drug-likeness (QED) is 0.803. The van der Waals surface area contributed by atoms with Gasteiger partial charge in [0.2, 0.25) is 0 Å². The van der Waals surface area contributed by atoms with Gasteiger partial charge in [-0.1, -0.05) is 21.1 Å². The van der Waals surface area contributed by atoms with Crippen LogP contribution in [0.1, 0.15) is 23.5 Å². The Hall–Kier alpha value is -0.460. The van der Waals surface area contributed by atoms with Crippen molar-refractivity contribution < 1.29 is 9.84 Å². The molecular weight excluding hydrogens is 250 g/mol. The Morgan fingerprint density at radius 2 is 2.43 bits per heavy atom. The van der Waals surface area contributed by atoms with Crippen molar-refractivity contribution in [3.63, 3.8) is 0 Å². The standard InChI is InChI=1S/C8H14BrN3O2/c1-6(4-13)12-8(3-10-11-12)7(9)5-14-2/h3,6-7,13H,4-5H2,1-2H3. The van der Waals surface area contributed by atoms with Gasteiger partial charge in [0.15, 0.2) is 0 Å². The Kier molecular flexibility index (Phi) is 4.50. The number of halogens is 1. The molecule has 0 fully saturated rings. The molecule has 0 spiro atoms. The number of ether oxygens (including phenoxy) is 1.